The predicted molar refractivity (Wildman–Crippen MR) is 125 cm³/mol. The zero-order chi connectivity index (χ0) is 24.5. The summed E-state index contributed by atoms with van der Waals surface area (Å²) in [4.78, 5) is 15.3. The first-order chi connectivity index (χ1) is 16.1. The number of rotatable bonds is 6. The first-order valence-corrected chi connectivity index (χ1v) is 10.9. The smallest absolute Gasteiger partial charge is 0.431 e. The largest absolute Gasteiger partial charge is 0.481 e. The lowest BCUT2D eigenvalue weighted by Gasteiger charge is -2.25. The number of pyridine rings is 1. The van der Waals surface area contributed by atoms with Crippen LogP contribution in [0.4, 0.5) is 18.9 Å². The van der Waals surface area contributed by atoms with Crippen molar-refractivity contribution in [1.82, 2.24) is 4.98 Å². The molecule has 0 bridgehead atoms. The van der Waals surface area contributed by atoms with Crippen molar-refractivity contribution in [3.8, 4) is 11.1 Å². The van der Waals surface area contributed by atoms with E-state index in [9.17, 15) is 23.1 Å². The molecule has 0 unspecified atom stereocenters. The fraction of sp³-hybridized carbons (Fsp3) is 0.269. The van der Waals surface area contributed by atoms with Crippen LogP contribution in [0.5, 0.6) is 0 Å². The number of aryl methyl sites for hydroxylation is 1. The summed E-state index contributed by atoms with van der Waals surface area (Å²) in [6, 6.07) is 16.3. The summed E-state index contributed by atoms with van der Waals surface area (Å²) < 4.78 is 40.2. The third kappa shape index (κ3) is 4.95. The van der Waals surface area contributed by atoms with Gasteiger partial charge in [0.1, 0.15) is 5.71 Å². The van der Waals surface area contributed by atoms with Crippen LogP contribution in [0.2, 0.25) is 0 Å². The maximum absolute atomic E-state index is 13.4. The van der Waals surface area contributed by atoms with Gasteiger partial charge in [-0.05, 0) is 65.4 Å². The van der Waals surface area contributed by atoms with Crippen LogP contribution >= 0.6 is 0 Å². The molecule has 4 rings (SSSR count). The highest BCUT2D eigenvalue weighted by atomic mass is 19.4. The third-order valence-corrected chi connectivity index (χ3v) is 6.16. The molecule has 0 fully saturated rings. The molecule has 2 heterocycles. The van der Waals surface area contributed by atoms with Gasteiger partial charge in [0.25, 0.3) is 0 Å². The van der Waals surface area contributed by atoms with Crippen LogP contribution in [0.25, 0.3) is 11.1 Å². The number of hydrogen-bond acceptors (Lipinski definition) is 4. The Morgan fingerprint density at radius 2 is 1.71 bits per heavy atom. The van der Waals surface area contributed by atoms with E-state index >= 15 is 0 Å². The molecular formula is C26H24F3N3O2. The van der Waals surface area contributed by atoms with E-state index in [1.54, 1.807) is 24.5 Å². The molecule has 0 saturated heterocycles. The van der Waals surface area contributed by atoms with Gasteiger partial charge in [0.15, 0.2) is 0 Å². The molecule has 0 aliphatic carbocycles. The second kappa shape index (κ2) is 9.29. The van der Waals surface area contributed by atoms with E-state index in [1.807, 2.05) is 31.2 Å². The fourth-order valence-electron chi connectivity index (χ4n) is 4.29. The molecule has 0 spiro atoms. The van der Waals surface area contributed by atoms with E-state index in [1.165, 1.54) is 11.9 Å². The summed E-state index contributed by atoms with van der Waals surface area (Å²) in [5.74, 6) is -2.21. The molecule has 1 aromatic heterocycles. The van der Waals surface area contributed by atoms with Gasteiger partial charge in [-0.2, -0.15) is 18.3 Å². The number of nitrogens with zero attached hydrogens (tertiary/aromatic N) is 3. The Labute approximate surface area is 195 Å². The number of halogens is 3. The van der Waals surface area contributed by atoms with Crippen LogP contribution in [0.1, 0.15) is 30.0 Å². The molecule has 0 saturated carbocycles. The molecule has 1 aliphatic heterocycles. The highest BCUT2D eigenvalue weighted by molar-refractivity contribution is 5.95. The van der Waals surface area contributed by atoms with Gasteiger partial charge in [-0.15, -0.1) is 0 Å². The fourth-order valence-corrected chi connectivity index (χ4v) is 4.29. The first-order valence-electron chi connectivity index (χ1n) is 10.9. The van der Waals surface area contributed by atoms with E-state index in [-0.39, 0.29) is 0 Å². The lowest BCUT2D eigenvalue weighted by Crippen LogP contribution is -2.36. The van der Waals surface area contributed by atoms with Crippen molar-refractivity contribution in [3.05, 3.63) is 83.7 Å². The predicted octanol–water partition coefficient (Wildman–Crippen LogP) is 5.87. The number of carbonyl (C=O) groups is 1. The molecule has 3 aromatic rings. The Morgan fingerprint density at radius 1 is 1.03 bits per heavy atom. The number of benzene rings is 2. The molecule has 34 heavy (non-hydrogen) atoms. The van der Waals surface area contributed by atoms with Gasteiger partial charge in [0.2, 0.25) is 0 Å². The number of aromatic nitrogens is 1. The monoisotopic (exact) mass is 467 g/mol. The Morgan fingerprint density at radius 3 is 2.29 bits per heavy atom. The van der Waals surface area contributed by atoms with Crippen molar-refractivity contribution >= 4 is 17.4 Å². The average molecular weight is 467 g/mol. The first kappa shape index (κ1) is 23.5. The number of aliphatic carboxylic acids is 1. The number of anilines is 1. The Kier molecular flexibility index (Phi) is 6.41. The molecule has 8 heteroatoms. The summed E-state index contributed by atoms with van der Waals surface area (Å²) in [7, 11) is 0. The van der Waals surface area contributed by atoms with Crippen molar-refractivity contribution in [2.75, 3.05) is 5.01 Å². The Hall–Kier alpha value is -3.68. The van der Waals surface area contributed by atoms with Gasteiger partial charge in [0.05, 0.1) is 18.2 Å². The third-order valence-electron chi connectivity index (χ3n) is 6.16. The average Bonchev–Trinajstić information content (AvgIpc) is 3.12. The highest BCUT2D eigenvalue weighted by Gasteiger charge is 2.48. The van der Waals surface area contributed by atoms with Gasteiger partial charge >= 0.3 is 12.1 Å². The Balaban J connectivity index is 1.54. The number of alkyl halides is 3. The molecule has 0 radical (unpaired) electrons. The van der Waals surface area contributed by atoms with E-state index in [0.29, 0.717) is 12.1 Å². The van der Waals surface area contributed by atoms with Crippen LogP contribution in [-0.2, 0) is 11.2 Å². The van der Waals surface area contributed by atoms with E-state index in [2.05, 4.69) is 28.3 Å². The van der Waals surface area contributed by atoms with Gasteiger partial charge in [-0.1, -0.05) is 37.3 Å². The highest BCUT2D eigenvalue weighted by Crippen LogP contribution is 2.36. The van der Waals surface area contributed by atoms with Crippen molar-refractivity contribution in [2.45, 2.75) is 38.9 Å². The summed E-state index contributed by atoms with van der Waals surface area (Å²) >= 11 is 0. The maximum atomic E-state index is 13.4. The minimum absolute atomic E-state index is 0.435. The molecule has 5 nitrogen and oxygen atoms in total. The maximum Gasteiger partial charge on any atom is 0.431 e. The standard InChI is InChI=1S/C26H24F3N3O2/c1-16-13-21(19-9-11-30-12-10-19)6-5-20(16)14-18-3-7-22(8-4-18)32-23(15-24(33)34)17(2)25(31-32)26(27,28)29/h3-13,17,23H,14-15H2,1-2H3,(H,33,34)/t17-,23-/m0/s1. The summed E-state index contributed by atoms with van der Waals surface area (Å²) in [5, 5.41) is 14.2. The number of hydrazone groups is 1. The van der Waals surface area contributed by atoms with Crippen LogP contribution in [0.3, 0.4) is 0 Å². The summed E-state index contributed by atoms with van der Waals surface area (Å²) in [6.07, 6.45) is -0.872. The summed E-state index contributed by atoms with van der Waals surface area (Å²) in [5.41, 5.74) is 4.94. The molecule has 176 valence electrons. The van der Waals surface area contributed by atoms with Crippen molar-refractivity contribution < 1.29 is 23.1 Å². The summed E-state index contributed by atoms with van der Waals surface area (Å²) in [6.45, 7) is 3.41. The SMILES string of the molecule is Cc1cc(-c2ccncc2)ccc1Cc1ccc(N2N=C(C(F)(F)F)[C@@H](C)[C@@H]2CC(=O)O)cc1. The molecule has 2 aromatic carbocycles. The second-order valence-electron chi connectivity index (χ2n) is 8.50. The van der Waals surface area contributed by atoms with Crippen molar-refractivity contribution in [2.24, 2.45) is 11.0 Å². The second-order valence-corrected chi connectivity index (χ2v) is 8.50. The zero-order valence-electron chi connectivity index (χ0n) is 18.8. The lowest BCUT2D eigenvalue weighted by molar-refractivity contribution is -0.137. The quantitative estimate of drug-likeness (QED) is 0.493. The van der Waals surface area contributed by atoms with Gasteiger partial charge < -0.3 is 5.11 Å². The number of hydrogen-bond donors (Lipinski definition) is 1. The molecule has 0 amide bonds. The minimum Gasteiger partial charge on any atom is -0.481 e. The lowest BCUT2D eigenvalue weighted by atomic mass is 9.94. The van der Waals surface area contributed by atoms with E-state index in [4.69, 9.17) is 0 Å². The normalized spacial score (nSPS) is 18.1. The van der Waals surface area contributed by atoms with E-state index in [0.717, 1.165) is 27.8 Å². The van der Waals surface area contributed by atoms with Crippen LogP contribution < -0.4 is 5.01 Å². The van der Waals surface area contributed by atoms with Gasteiger partial charge in [0, 0.05) is 18.3 Å². The van der Waals surface area contributed by atoms with Gasteiger partial charge in [-0.3, -0.25) is 14.8 Å². The minimum atomic E-state index is -4.61. The van der Waals surface area contributed by atoms with Crippen LogP contribution in [-0.4, -0.2) is 34.0 Å². The van der Waals surface area contributed by atoms with Crippen LogP contribution in [0.15, 0.2) is 72.1 Å². The van der Waals surface area contributed by atoms with Crippen molar-refractivity contribution in [1.29, 1.82) is 0 Å². The number of carboxylic acids is 1. The Bertz CT molecular complexity index is 1210. The molecular weight excluding hydrogens is 443 g/mol. The number of carboxylic acid groups (broad SMARTS) is 1. The van der Waals surface area contributed by atoms with E-state index < -0.39 is 36.2 Å². The van der Waals surface area contributed by atoms with Gasteiger partial charge in [-0.25, -0.2) is 0 Å². The zero-order valence-corrected chi connectivity index (χ0v) is 18.8. The molecule has 1 aliphatic rings. The molecule has 2 atom stereocenters. The van der Waals surface area contributed by atoms with Crippen molar-refractivity contribution in [3.63, 3.8) is 0 Å². The van der Waals surface area contributed by atoms with Crippen LogP contribution in [0, 0.1) is 12.8 Å². The topological polar surface area (TPSA) is 65.8 Å². The molecule has 1 N–H and O–H groups in total.